The molecule has 1 aromatic rings. The number of hydrogen-bond acceptors (Lipinski definition) is 2. The molecule has 1 aromatic carbocycles. The monoisotopic (exact) mass is 289 g/mol. The van der Waals surface area contributed by atoms with Gasteiger partial charge >= 0.3 is 0 Å². The Hall–Kier alpha value is -1.02. The van der Waals surface area contributed by atoms with Gasteiger partial charge in [0.1, 0.15) is 11.9 Å². The predicted molar refractivity (Wildman–Crippen MR) is 90.0 cm³/mol. The molecular weight excluding hydrogens is 258 g/mol. The third-order valence-electron chi connectivity index (χ3n) is 4.96. The van der Waals surface area contributed by atoms with E-state index in [9.17, 15) is 0 Å². The van der Waals surface area contributed by atoms with E-state index >= 15 is 0 Å². The summed E-state index contributed by atoms with van der Waals surface area (Å²) in [5.41, 5.74) is 1.35. The highest BCUT2D eigenvalue weighted by Gasteiger charge is 2.32. The van der Waals surface area contributed by atoms with Crippen molar-refractivity contribution in [2.75, 3.05) is 7.05 Å². The Balaban J connectivity index is 2.09. The van der Waals surface area contributed by atoms with Gasteiger partial charge in [0.2, 0.25) is 0 Å². The summed E-state index contributed by atoms with van der Waals surface area (Å²) in [6, 6.07) is 9.07. The molecule has 0 spiro atoms. The van der Waals surface area contributed by atoms with Crippen molar-refractivity contribution in [1.29, 1.82) is 0 Å². The van der Waals surface area contributed by atoms with Crippen LogP contribution in [0.25, 0.3) is 0 Å². The molecule has 118 valence electrons. The van der Waals surface area contributed by atoms with Gasteiger partial charge in [-0.2, -0.15) is 0 Å². The maximum atomic E-state index is 6.37. The normalized spacial score (nSPS) is 26.3. The average molecular weight is 289 g/mol. The summed E-state index contributed by atoms with van der Waals surface area (Å²) in [7, 11) is 2.06. The SMILES string of the molecule is CNC1CCC(C(C)C)CC1Oc1cccc(C(C)C)c1. The first-order chi connectivity index (χ1) is 10.0. The van der Waals surface area contributed by atoms with Crippen LogP contribution in [0.1, 0.15) is 58.4 Å². The van der Waals surface area contributed by atoms with Gasteiger partial charge in [0, 0.05) is 6.04 Å². The van der Waals surface area contributed by atoms with Crippen molar-refractivity contribution in [2.24, 2.45) is 11.8 Å². The van der Waals surface area contributed by atoms with Crippen LogP contribution in [0.15, 0.2) is 24.3 Å². The van der Waals surface area contributed by atoms with Crippen molar-refractivity contribution in [3.8, 4) is 5.75 Å². The second-order valence-electron chi connectivity index (χ2n) is 7.10. The Kier molecular flexibility index (Phi) is 5.69. The quantitative estimate of drug-likeness (QED) is 0.855. The zero-order chi connectivity index (χ0) is 15.4. The fourth-order valence-corrected chi connectivity index (χ4v) is 3.35. The topological polar surface area (TPSA) is 21.3 Å². The summed E-state index contributed by atoms with van der Waals surface area (Å²) in [4.78, 5) is 0. The Bertz CT molecular complexity index is 441. The second-order valence-corrected chi connectivity index (χ2v) is 7.10. The molecule has 0 aromatic heterocycles. The molecule has 1 saturated carbocycles. The molecule has 0 radical (unpaired) electrons. The Morgan fingerprint density at radius 1 is 1.14 bits per heavy atom. The lowest BCUT2D eigenvalue weighted by Gasteiger charge is -2.37. The fraction of sp³-hybridized carbons (Fsp3) is 0.684. The van der Waals surface area contributed by atoms with Crippen LogP contribution in [0, 0.1) is 11.8 Å². The Morgan fingerprint density at radius 3 is 2.52 bits per heavy atom. The van der Waals surface area contributed by atoms with Gasteiger partial charge < -0.3 is 10.1 Å². The third kappa shape index (κ3) is 4.23. The van der Waals surface area contributed by atoms with Crippen LogP contribution in [0.5, 0.6) is 5.75 Å². The summed E-state index contributed by atoms with van der Waals surface area (Å²) in [6.07, 6.45) is 3.98. The third-order valence-corrected chi connectivity index (χ3v) is 4.96. The molecule has 3 atom stereocenters. The molecule has 2 heteroatoms. The second kappa shape index (κ2) is 7.31. The summed E-state index contributed by atoms with van der Waals surface area (Å²) in [5, 5.41) is 3.45. The van der Waals surface area contributed by atoms with Gasteiger partial charge in [-0.15, -0.1) is 0 Å². The van der Waals surface area contributed by atoms with E-state index in [1.807, 2.05) is 0 Å². The molecule has 1 aliphatic carbocycles. The smallest absolute Gasteiger partial charge is 0.120 e. The molecule has 0 saturated heterocycles. The van der Waals surface area contributed by atoms with Crippen LogP contribution in [0.2, 0.25) is 0 Å². The zero-order valence-corrected chi connectivity index (χ0v) is 14.2. The first-order valence-corrected chi connectivity index (χ1v) is 8.45. The molecule has 0 heterocycles. The van der Waals surface area contributed by atoms with Crippen LogP contribution in [0.4, 0.5) is 0 Å². The Morgan fingerprint density at radius 2 is 1.90 bits per heavy atom. The summed E-state index contributed by atoms with van der Waals surface area (Å²) < 4.78 is 6.37. The number of ether oxygens (including phenoxy) is 1. The zero-order valence-electron chi connectivity index (χ0n) is 14.2. The maximum Gasteiger partial charge on any atom is 0.120 e. The van der Waals surface area contributed by atoms with Crippen LogP contribution in [-0.4, -0.2) is 19.2 Å². The molecular formula is C19H31NO. The number of likely N-dealkylation sites (N-methyl/N-ethyl adjacent to an activating group) is 1. The van der Waals surface area contributed by atoms with Crippen molar-refractivity contribution >= 4 is 0 Å². The first kappa shape index (κ1) is 16.4. The number of rotatable bonds is 5. The van der Waals surface area contributed by atoms with E-state index in [2.05, 4.69) is 64.3 Å². The van der Waals surface area contributed by atoms with Crippen LogP contribution < -0.4 is 10.1 Å². The minimum absolute atomic E-state index is 0.290. The molecule has 0 amide bonds. The van der Waals surface area contributed by atoms with E-state index in [0.717, 1.165) is 24.0 Å². The first-order valence-electron chi connectivity index (χ1n) is 8.45. The van der Waals surface area contributed by atoms with Gasteiger partial charge in [0.25, 0.3) is 0 Å². The molecule has 0 aliphatic heterocycles. The summed E-state index contributed by atoms with van der Waals surface area (Å²) >= 11 is 0. The maximum absolute atomic E-state index is 6.37. The molecule has 0 bridgehead atoms. The van der Waals surface area contributed by atoms with Gasteiger partial charge in [0.05, 0.1) is 0 Å². The van der Waals surface area contributed by atoms with Crippen molar-refractivity contribution < 1.29 is 4.74 Å². The molecule has 1 fully saturated rings. The van der Waals surface area contributed by atoms with E-state index in [1.165, 1.54) is 18.4 Å². The lowest BCUT2D eigenvalue weighted by molar-refractivity contribution is 0.0749. The highest BCUT2D eigenvalue weighted by atomic mass is 16.5. The van der Waals surface area contributed by atoms with Crippen molar-refractivity contribution in [3.05, 3.63) is 29.8 Å². The van der Waals surface area contributed by atoms with Gasteiger partial charge in [-0.25, -0.2) is 0 Å². The molecule has 2 nitrogen and oxygen atoms in total. The molecule has 1 N–H and O–H groups in total. The van der Waals surface area contributed by atoms with E-state index in [-0.39, 0.29) is 0 Å². The average Bonchev–Trinajstić information content (AvgIpc) is 2.47. The van der Waals surface area contributed by atoms with Gasteiger partial charge in [0.15, 0.2) is 0 Å². The molecule has 2 rings (SSSR count). The molecule has 3 unspecified atom stereocenters. The lowest BCUT2D eigenvalue weighted by Crippen LogP contribution is -2.46. The minimum atomic E-state index is 0.290. The van der Waals surface area contributed by atoms with E-state index < -0.39 is 0 Å². The Labute approximate surface area is 130 Å². The van der Waals surface area contributed by atoms with E-state index in [4.69, 9.17) is 4.74 Å². The number of benzene rings is 1. The highest BCUT2D eigenvalue weighted by Crippen LogP contribution is 2.33. The van der Waals surface area contributed by atoms with Crippen LogP contribution in [-0.2, 0) is 0 Å². The van der Waals surface area contributed by atoms with Crippen LogP contribution in [0.3, 0.4) is 0 Å². The van der Waals surface area contributed by atoms with Crippen molar-refractivity contribution in [2.45, 2.75) is 65.0 Å². The number of hydrogen-bond donors (Lipinski definition) is 1. The molecule has 21 heavy (non-hydrogen) atoms. The number of nitrogens with one attached hydrogen (secondary N) is 1. The highest BCUT2D eigenvalue weighted by molar-refractivity contribution is 5.30. The fourth-order valence-electron chi connectivity index (χ4n) is 3.35. The van der Waals surface area contributed by atoms with Crippen LogP contribution >= 0.6 is 0 Å². The van der Waals surface area contributed by atoms with E-state index in [1.54, 1.807) is 0 Å². The van der Waals surface area contributed by atoms with Gasteiger partial charge in [-0.3, -0.25) is 0 Å². The van der Waals surface area contributed by atoms with Crippen molar-refractivity contribution in [1.82, 2.24) is 5.32 Å². The largest absolute Gasteiger partial charge is 0.489 e. The summed E-state index contributed by atoms with van der Waals surface area (Å²) in [5.74, 6) is 3.10. The lowest BCUT2D eigenvalue weighted by atomic mass is 9.78. The van der Waals surface area contributed by atoms with Gasteiger partial charge in [-0.05, 0) is 61.8 Å². The van der Waals surface area contributed by atoms with Crippen molar-refractivity contribution in [3.63, 3.8) is 0 Å². The minimum Gasteiger partial charge on any atom is -0.489 e. The molecule has 1 aliphatic rings. The van der Waals surface area contributed by atoms with E-state index in [0.29, 0.717) is 18.1 Å². The van der Waals surface area contributed by atoms with Gasteiger partial charge in [-0.1, -0.05) is 39.8 Å². The standard InChI is InChI=1S/C19H31NO/c1-13(2)15-7-6-8-17(11-15)21-19-12-16(14(3)4)9-10-18(19)20-5/h6-8,11,13-14,16,18-20H,9-10,12H2,1-5H3. The predicted octanol–water partition coefficient (Wildman–Crippen LogP) is 4.60. The summed E-state index contributed by atoms with van der Waals surface area (Å²) in [6.45, 7) is 9.12.